The number of nitrogens with one attached hydrogen (secondary N) is 1. The van der Waals surface area contributed by atoms with Crippen molar-refractivity contribution in [2.24, 2.45) is 0 Å². The monoisotopic (exact) mass is 360 g/mol. The third kappa shape index (κ3) is 2.46. The SMILES string of the molecule is c1ccc(C(c2ccccc2)(c2cccnc2)c2c[nH]c3ccccc23)cc1. The van der Waals surface area contributed by atoms with Crippen molar-refractivity contribution in [3.63, 3.8) is 0 Å². The van der Waals surface area contributed by atoms with Crippen LogP contribution in [0.25, 0.3) is 10.9 Å². The van der Waals surface area contributed by atoms with Crippen molar-refractivity contribution in [2.75, 3.05) is 0 Å². The number of hydrogen-bond donors (Lipinski definition) is 1. The van der Waals surface area contributed by atoms with Crippen LogP contribution in [0.2, 0.25) is 0 Å². The van der Waals surface area contributed by atoms with Gasteiger partial charge in [-0.15, -0.1) is 0 Å². The molecule has 0 bridgehead atoms. The van der Waals surface area contributed by atoms with Crippen molar-refractivity contribution in [3.05, 3.63) is 138 Å². The van der Waals surface area contributed by atoms with E-state index < -0.39 is 5.41 Å². The molecule has 0 radical (unpaired) electrons. The molecule has 5 rings (SSSR count). The van der Waals surface area contributed by atoms with E-state index in [1.54, 1.807) is 0 Å². The van der Waals surface area contributed by atoms with Gasteiger partial charge in [-0.05, 0) is 34.4 Å². The molecule has 0 amide bonds. The number of H-pyrrole nitrogens is 1. The zero-order valence-corrected chi connectivity index (χ0v) is 15.4. The van der Waals surface area contributed by atoms with Gasteiger partial charge >= 0.3 is 0 Å². The van der Waals surface area contributed by atoms with E-state index in [0.717, 1.165) is 11.1 Å². The lowest BCUT2D eigenvalue weighted by Crippen LogP contribution is -2.30. The first-order valence-electron chi connectivity index (χ1n) is 9.49. The maximum absolute atomic E-state index is 4.48. The number of pyridine rings is 1. The Morgan fingerprint density at radius 2 is 1.21 bits per heavy atom. The van der Waals surface area contributed by atoms with Gasteiger partial charge in [0.25, 0.3) is 0 Å². The Bertz CT molecular complexity index is 1100. The van der Waals surface area contributed by atoms with Crippen LogP contribution in [0.15, 0.2) is 116 Å². The van der Waals surface area contributed by atoms with E-state index in [0.29, 0.717) is 0 Å². The van der Waals surface area contributed by atoms with Gasteiger partial charge in [-0.1, -0.05) is 84.9 Å². The van der Waals surface area contributed by atoms with Gasteiger partial charge in [-0.3, -0.25) is 4.98 Å². The average Bonchev–Trinajstić information content (AvgIpc) is 3.21. The Labute approximate surface area is 164 Å². The van der Waals surface area contributed by atoms with Crippen LogP contribution in [-0.2, 0) is 5.41 Å². The maximum Gasteiger partial charge on any atom is 0.0737 e. The second-order valence-corrected chi connectivity index (χ2v) is 6.97. The number of aromatic nitrogens is 2. The van der Waals surface area contributed by atoms with Crippen LogP contribution >= 0.6 is 0 Å². The maximum atomic E-state index is 4.48. The molecule has 2 aromatic heterocycles. The fourth-order valence-electron chi connectivity index (χ4n) is 4.31. The summed E-state index contributed by atoms with van der Waals surface area (Å²) in [5.74, 6) is 0. The van der Waals surface area contributed by atoms with Gasteiger partial charge in [0.2, 0.25) is 0 Å². The highest BCUT2D eigenvalue weighted by Crippen LogP contribution is 2.47. The highest BCUT2D eigenvalue weighted by molar-refractivity contribution is 5.87. The van der Waals surface area contributed by atoms with Gasteiger partial charge in [0.1, 0.15) is 0 Å². The van der Waals surface area contributed by atoms with Gasteiger partial charge in [0, 0.05) is 29.5 Å². The van der Waals surface area contributed by atoms with Crippen LogP contribution in [0, 0.1) is 0 Å². The van der Waals surface area contributed by atoms with Gasteiger partial charge < -0.3 is 4.98 Å². The fourth-order valence-corrected chi connectivity index (χ4v) is 4.31. The second kappa shape index (κ2) is 6.82. The van der Waals surface area contributed by atoms with Crippen LogP contribution < -0.4 is 0 Å². The first-order valence-corrected chi connectivity index (χ1v) is 9.49. The highest BCUT2D eigenvalue weighted by Gasteiger charge is 2.40. The van der Waals surface area contributed by atoms with E-state index in [9.17, 15) is 0 Å². The topological polar surface area (TPSA) is 28.7 Å². The molecule has 0 fully saturated rings. The molecule has 0 saturated heterocycles. The number of fused-ring (bicyclic) bond motifs is 1. The Balaban J connectivity index is 1.96. The van der Waals surface area contributed by atoms with Gasteiger partial charge in [0.05, 0.1) is 5.41 Å². The van der Waals surface area contributed by atoms with Crippen molar-refractivity contribution < 1.29 is 0 Å². The van der Waals surface area contributed by atoms with Crippen molar-refractivity contribution >= 4 is 10.9 Å². The third-order valence-electron chi connectivity index (χ3n) is 5.50. The lowest BCUT2D eigenvalue weighted by molar-refractivity contribution is 0.747. The minimum atomic E-state index is -0.462. The van der Waals surface area contributed by atoms with Gasteiger partial charge in [0.15, 0.2) is 0 Å². The summed E-state index contributed by atoms with van der Waals surface area (Å²) in [6.07, 6.45) is 5.97. The summed E-state index contributed by atoms with van der Waals surface area (Å²) in [6, 6.07) is 34.1. The van der Waals surface area contributed by atoms with Gasteiger partial charge in [-0.2, -0.15) is 0 Å². The van der Waals surface area contributed by atoms with E-state index in [1.807, 2.05) is 18.5 Å². The molecule has 1 N–H and O–H groups in total. The number of aromatic amines is 1. The standard InChI is InChI=1S/C26H20N2/c1-3-10-20(11-4-1)26(21-12-5-2-6-13-21,22-14-9-17-27-18-22)24-19-28-25-16-8-7-15-23(24)25/h1-19,28H. The molecule has 0 unspecified atom stereocenters. The zero-order valence-electron chi connectivity index (χ0n) is 15.4. The van der Waals surface area contributed by atoms with E-state index in [2.05, 4.69) is 107 Å². The molecule has 3 aromatic carbocycles. The number of para-hydroxylation sites is 1. The molecule has 0 aliphatic carbocycles. The predicted molar refractivity (Wildman–Crippen MR) is 114 cm³/mol. The first-order chi connectivity index (χ1) is 13.9. The molecule has 2 nitrogen and oxygen atoms in total. The smallest absolute Gasteiger partial charge is 0.0737 e. The number of rotatable bonds is 4. The summed E-state index contributed by atoms with van der Waals surface area (Å²) in [5, 5.41) is 1.22. The Kier molecular flexibility index (Phi) is 4.02. The molecule has 28 heavy (non-hydrogen) atoms. The number of hydrogen-bond acceptors (Lipinski definition) is 1. The minimum Gasteiger partial charge on any atom is -0.361 e. The lowest BCUT2D eigenvalue weighted by atomic mass is 9.65. The van der Waals surface area contributed by atoms with Crippen LogP contribution in [-0.4, -0.2) is 9.97 Å². The number of nitrogens with zero attached hydrogens (tertiary/aromatic N) is 1. The minimum absolute atomic E-state index is 0.462. The molecular formula is C26H20N2. The molecule has 0 spiro atoms. The highest BCUT2D eigenvalue weighted by atomic mass is 14.7. The molecule has 5 aromatic rings. The summed E-state index contributed by atoms with van der Waals surface area (Å²) in [7, 11) is 0. The molecule has 134 valence electrons. The molecule has 2 heteroatoms. The summed E-state index contributed by atoms with van der Waals surface area (Å²) >= 11 is 0. The molecule has 0 aliphatic rings. The van der Waals surface area contributed by atoms with Crippen LogP contribution in [0.4, 0.5) is 0 Å². The third-order valence-corrected chi connectivity index (χ3v) is 5.50. The largest absolute Gasteiger partial charge is 0.361 e. The van der Waals surface area contributed by atoms with Crippen molar-refractivity contribution in [3.8, 4) is 0 Å². The van der Waals surface area contributed by atoms with Crippen molar-refractivity contribution in [1.82, 2.24) is 9.97 Å². The van der Waals surface area contributed by atoms with Crippen molar-refractivity contribution in [1.29, 1.82) is 0 Å². The van der Waals surface area contributed by atoms with E-state index in [4.69, 9.17) is 0 Å². The van der Waals surface area contributed by atoms with Crippen LogP contribution in [0.3, 0.4) is 0 Å². The molecule has 0 atom stereocenters. The van der Waals surface area contributed by atoms with Crippen molar-refractivity contribution in [2.45, 2.75) is 5.41 Å². The first kappa shape index (κ1) is 16.5. The lowest BCUT2D eigenvalue weighted by Gasteiger charge is -2.36. The molecule has 0 aliphatic heterocycles. The predicted octanol–water partition coefficient (Wildman–Crippen LogP) is 5.95. The van der Waals surface area contributed by atoms with Crippen LogP contribution in [0.5, 0.6) is 0 Å². The Hall–Kier alpha value is -3.65. The Morgan fingerprint density at radius 3 is 1.86 bits per heavy atom. The zero-order chi connectivity index (χ0) is 18.8. The summed E-state index contributed by atoms with van der Waals surface area (Å²) in [4.78, 5) is 7.96. The quantitative estimate of drug-likeness (QED) is 0.422. The van der Waals surface area contributed by atoms with E-state index >= 15 is 0 Å². The molecular weight excluding hydrogens is 340 g/mol. The van der Waals surface area contributed by atoms with E-state index in [-0.39, 0.29) is 0 Å². The van der Waals surface area contributed by atoms with Crippen LogP contribution in [0.1, 0.15) is 22.3 Å². The van der Waals surface area contributed by atoms with Gasteiger partial charge in [-0.25, -0.2) is 0 Å². The normalized spacial score (nSPS) is 11.6. The fraction of sp³-hybridized carbons (Fsp3) is 0.0385. The number of benzene rings is 3. The second-order valence-electron chi connectivity index (χ2n) is 6.97. The van der Waals surface area contributed by atoms with E-state index in [1.165, 1.54) is 22.1 Å². The summed E-state index contributed by atoms with van der Waals surface area (Å²) in [5.41, 5.74) is 5.50. The Morgan fingerprint density at radius 1 is 0.607 bits per heavy atom. The molecule has 0 saturated carbocycles. The average molecular weight is 360 g/mol. The molecule has 2 heterocycles. The summed E-state index contributed by atoms with van der Waals surface area (Å²) in [6.45, 7) is 0. The summed E-state index contributed by atoms with van der Waals surface area (Å²) < 4.78 is 0.